The maximum Gasteiger partial charge on any atom is 0.303 e. The summed E-state index contributed by atoms with van der Waals surface area (Å²) in [4.78, 5) is 51.1. The van der Waals surface area contributed by atoms with Crippen molar-refractivity contribution in [1.29, 1.82) is 0 Å². The molecule has 0 bridgehead atoms. The smallest absolute Gasteiger partial charge is 0.303 e. The van der Waals surface area contributed by atoms with Crippen molar-refractivity contribution in [2.24, 2.45) is 0 Å². The first-order chi connectivity index (χ1) is 39.3. The Morgan fingerprint density at radius 3 is 1.31 bits per heavy atom. The monoisotopic (exact) mass is 1120 g/mol. The van der Waals surface area contributed by atoms with Crippen LogP contribution < -0.4 is 5.32 Å². The summed E-state index contributed by atoms with van der Waals surface area (Å²) in [6, 6.07) is 47.1. The predicted octanol–water partition coefficient (Wildman–Crippen LogP) is 7.09. The molecule has 1 amide bonds. The summed E-state index contributed by atoms with van der Waals surface area (Å²) in [5.41, 5.74) is 4.44. The highest BCUT2D eigenvalue weighted by molar-refractivity contribution is 5.73. The fourth-order valence-electron chi connectivity index (χ4n) is 10.0. The summed E-state index contributed by atoms with van der Waals surface area (Å²) >= 11 is 0. The van der Waals surface area contributed by atoms with Crippen LogP contribution in [0.5, 0.6) is 0 Å². The molecule has 81 heavy (non-hydrogen) atoms. The molecular formula is C62H73NO18. The van der Waals surface area contributed by atoms with E-state index in [9.17, 15) is 19.2 Å². The van der Waals surface area contributed by atoms with Crippen molar-refractivity contribution >= 4 is 23.8 Å². The van der Waals surface area contributed by atoms with Gasteiger partial charge in [-0.25, -0.2) is 0 Å². The van der Waals surface area contributed by atoms with Gasteiger partial charge in [-0.05, 0) is 34.7 Å². The first-order valence-corrected chi connectivity index (χ1v) is 27.1. The molecule has 1 N–H and O–H groups in total. The van der Waals surface area contributed by atoms with Gasteiger partial charge in [0.05, 0.1) is 45.7 Å². The van der Waals surface area contributed by atoms with Crippen molar-refractivity contribution in [3.05, 3.63) is 179 Å². The number of benzene rings is 5. The van der Waals surface area contributed by atoms with Crippen molar-refractivity contribution in [1.82, 2.24) is 5.32 Å². The Labute approximate surface area is 472 Å². The Morgan fingerprint density at radius 1 is 0.420 bits per heavy atom. The molecule has 5 aromatic carbocycles. The van der Waals surface area contributed by atoms with Gasteiger partial charge in [0.25, 0.3) is 0 Å². The average Bonchev–Trinajstić information content (AvgIpc) is 3.59. The molecule has 3 aliphatic rings. The van der Waals surface area contributed by atoms with Crippen molar-refractivity contribution < 1.29 is 85.5 Å². The molecule has 3 saturated heterocycles. The molecule has 0 aromatic heterocycles. The average molecular weight is 1120 g/mol. The Morgan fingerprint density at radius 2 is 0.840 bits per heavy atom. The molecule has 0 radical (unpaired) electrons. The molecule has 5 aromatic rings. The van der Waals surface area contributed by atoms with E-state index in [-0.39, 0.29) is 39.6 Å². The van der Waals surface area contributed by atoms with E-state index in [0.717, 1.165) is 41.7 Å². The Kier molecular flexibility index (Phi) is 22.9. The van der Waals surface area contributed by atoms with Crippen LogP contribution in [0.15, 0.2) is 152 Å². The maximum atomic E-state index is 13.2. The minimum Gasteiger partial charge on any atom is -0.463 e. The SMILES string of the molecule is CO[C@@H]1OC(C)[C@H](OCc2ccccc2)[C@H](O[C@H]2O[C@@H](COCc3ccccc3)[C@@H](OCc3ccccc3)C(OCc3ccccc3)C2OCc2ccccc2)C1O[C@@H]1OC(COC(C)=O)[C@H](OC(C)=O)[C@H](OC(C)=O)C1NC(C)=O. The van der Waals surface area contributed by atoms with Gasteiger partial charge in [-0.3, -0.25) is 19.2 Å². The zero-order valence-electron chi connectivity index (χ0n) is 46.4. The summed E-state index contributed by atoms with van der Waals surface area (Å²) < 4.78 is 92.3. The molecule has 19 nitrogen and oxygen atoms in total. The lowest BCUT2D eigenvalue weighted by Gasteiger charge is -2.51. The first-order valence-electron chi connectivity index (χ1n) is 27.1. The highest BCUT2D eigenvalue weighted by atomic mass is 16.8. The Balaban J connectivity index is 1.24. The van der Waals surface area contributed by atoms with Crippen molar-refractivity contribution in [3.63, 3.8) is 0 Å². The lowest BCUT2D eigenvalue weighted by molar-refractivity contribution is -0.390. The molecule has 15 atom stereocenters. The molecule has 3 heterocycles. The number of ether oxygens (including phenoxy) is 14. The summed E-state index contributed by atoms with van der Waals surface area (Å²) in [6.45, 7) is 6.89. The maximum absolute atomic E-state index is 13.2. The van der Waals surface area contributed by atoms with Gasteiger partial charge in [0.15, 0.2) is 31.1 Å². The number of esters is 3. The second-order valence-electron chi connectivity index (χ2n) is 20.0. The Bertz CT molecular complexity index is 2690. The first kappa shape index (κ1) is 60.6. The van der Waals surface area contributed by atoms with Crippen LogP contribution in [0.3, 0.4) is 0 Å². The van der Waals surface area contributed by atoms with Crippen molar-refractivity contribution in [3.8, 4) is 0 Å². The predicted molar refractivity (Wildman–Crippen MR) is 290 cm³/mol. The molecule has 0 spiro atoms. The van der Waals surface area contributed by atoms with E-state index in [1.165, 1.54) is 21.0 Å². The molecule has 8 rings (SSSR count). The van der Waals surface area contributed by atoms with Crippen LogP contribution >= 0.6 is 0 Å². The van der Waals surface area contributed by atoms with E-state index >= 15 is 0 Å². The zero-order valence-corrected chi connectivity index (χ0v) is 46.4. The minimum atomic E-state index is -1.58. The van der Waals surface area contributed by atoms with E-state index in [4.69, 9.17) is 66.3 Å². The number of hydrogen-bond donors (Lipinski definition) is 1. The lowest BCUT2D eigenvalue weighted by atomic mass is 9.94. The number of carbonyl (C=O) groups excluding carboxylic acids is 4. The van der Waals surface area contributed by atoms with Gasteiger partial charge in [0.2, 0.25) is 5.91 Å². The third-order valence-corrected chi connectivity index (χ3v) is 13.7. The van der Waals surface area contributed by atoms with Crippen LogP contribution in [0.2, 0.25) is 0 Å². The molecule has 3 fully saturated rings. The van der Waals surface area contributed by atoms with Crippen LogP contribution in [-0.4, -0.2) is 136 Å². The second-order valence-corrected chi connectivity index (χ2v) is 20.0. The lowest BCUT2D eigenvalue weighted by Crippen LogP contribution is -2.69. The van der Waals surface area contributed by atoms with Gasteiger partial charge in [-0.2, -0.15) is 0 Å². The fourth-order valence-corrected chi connectivity index (χ4v) is 10.0. The van der Waals surface area contributed by atoms with Crippen molar-refractivity contribution in [2.75, 3.05) is 20.3 Å². The Hall–Kier alpha value is -6.46. The molecule has 0 saturated carbocycles. The molecule has 0 aliphatic carbocycles. The van der Waals surface area contributed by atoms with Gasteiger partial charge in [-0.15, -0.1) is 0 Å². The summed E-state index contributed by atoms with van der Waals surface area (Å²) in [6.07, 6.45) is -16.3. The molecular weight excluding hydrogens is 1050 g/mol. The largest absolute Gasteiger partial charge is 0.463 e. The standard InChI is InChI=1S/C62H73NO18/c1-39-52(71-33-45-24-14-8-15-25-45)57(59(61(68-6)75-39)81-60-51(63-40(2)64)55(77-43(5)67)54(76-42(4)66)50(78-60)38-70-41(3)65)80-62-58(74-36-48-30-20-11-21-31-48)56(73-35-47-28-18-10-19-29-47)53(72-34-46-26-16-9-17-27-46)49(79-62)37-69-32-44-22-12-7-13-23-44/h7-31,39,49-62H,32-38H2,1-6H3,(H,63,64)/t39?,49-,50?,51?,52-,53+,54-,55+,56?,57-,58?,59?,60-,61+,62+/m0/s1. The quantitative estimate of drug-likeness (QED) is 0.0433. The highest BCUT2D eigenvalue weighted by Crippen LogP contribution is 2.38. The number of nitrogens with one attached hydrogen (secondary N) is 1. The van der Waals surface area contributed by atoms with Crippen molar-refractivity contribution in [2.45, 2.75) is 160 Å². The topological polar surface area (TPSA) is 210 Å². The number of hydrogen-bond acceptors (Lipinski definition) is 18. The third-order valence-electron chi connectivity index (χ3n) is 13.7. The number of carbonyl (C=O) groups is 4. The van der Waals surface area contributed by atoms with E-state index < -0.39 is 122 Å². The number of methoxy groups -OCH3 is 1. The molecule has 434 valence electrons. The number of amides is 1. The van der Waals surface area contributed by atoms with E-state index in [0.29, 0.717) is 0 Å². The van der Waals surface area contributed by atoms with Crippen LogP contribution in [0.4, 0.5) is 0 Å². The third kappa shape index (κ3) is 17.5. The van der Waals surface area contributed by atoms with Crippen LogP contribution in [0, 0.1) is 0 Å². The minimum absolute atomic E-state index is 0.0165. The normalized spacial score (nSPS) is 28.3. The summed E-state index contributed by atoms with van der Waals surface area (Å²) in [5.74, 6) is -2.81. The fraction of sp³-hybridized carbons (Fsp3) is 0.452. The van der Waals surface area contributed by atoms with Crippen LogP contribution in [0.25, 0.3) is 0 Å². The second kappa shape index (κ2) is 30.6. The van der Waals surface area contributed by atoms with Gasteiger partial charge < -0.3 is 71.6 Å². The van der Waals surface area contributed by atoms with Gasteiger partial charge in [0, 0.05) is 34.8 Å². The summed E-state index contributed by atoms with van der Waals surface area (Å²) in [7, 11) is 1.43. The number of rotatable bonds is 26. The zero-order chi connectivity index (χ0) is 57.1. The highest BCUT2D eigenvalue weighted by Gasteiger charge is 2.57. The molecule has 3 aliphatic heterocycles. The van der Waals surface area contributed by atoms with E-state index in [1.807, 2.05) is 159 Å². The van der Waals surface area contributed by atoms with Gasteiger partial charge in [-0.1, -0.05) is 152 Å². The molecule has 6 unspecified atom stereocenters. The molecule has 19 heteroatoms. The van der Waals surface area contributed by atoms with Crippen LogP contribution in [-0.2, 0) is 119 Å². The summed E-state index contributed by atoms with van der Waals surface area (Å²) in [5, 5.41) is 2.79. The van der Waals surface area contributed by atoms with Gasteiger partial charge in [0.1, 0.15) is 61.5 Å². The van der Waals surface area contributed by atoms with E-state index in [2.05, 4.69) is 5.32 Å². The van der Waals surface area contributed by atoms with E-state index in [1.54, 1.807) is 0 Å². The van der Waals surface area contributed by atoms with Gasteiger partial charge >= 0.3 is 17.9 Å². The van der Waals surface area contributed by atoms with Crippen LogP contribution in [0.1, 0.15) is 62.4 Å².